The molecule has 11 unspecified atom stereocenters. The molecule has 0 aromatic heterocycles. The van der Waals surface area contributed by atoms with E-state index in [9.17, 15) is 45.3 Å². The summed E-state index contributed by atoms with van der Waals surface area (Å²) in [6.45, 7) is 2.32. The van der Waals surface area contributed by atoms with Gasteiger partial charge in [0.15, 0.2) is 18.7 Å². The van der Waals surface area contributed by atoms with E-state index in [2.05, 4.69) is 43.4 Å². The molecule has 0 aliphatic carbocycles. The van der Waals surface area contributed by atoms with Crippen LogP contribution < -0.4 is 0 Å². The number of aliphatic hydroxyl groups is 7. The summed E-state index contributed by atoms with van der Waals surface area (Å²) in [6.07, 6.45) is 12.9. The Morgan fingerprint density at radius 1 is 0.552 bits per heavy atom. The van der Waals surface area contributed by atoms with Crippen LogP contribution in [0.1, 0.15) is 129 Å². The lowest BCUT2D eigenvalue weighted by Crippen LogP contribution is -2.61. The maximum absolute atomic E-state index is 12.8. The Hall–Kier alpha value is -2.28. The first-order valence-corrected chi connectivity index (χ1v) is 21.6. The van der Waals surface area contributed by atoms with E-state index in [1.807, 2.05) is 6.92 Å². The fourth-order valence-electron chi connectivity index (χ4n) is 6.46. The van der Waals surface area contributed by atoms with E-state index >= 15 is 0 Å². The number of rotatable bonds is 31. The van der Waals surface area contributed by atoms with Gasteiger partial charge in [-0.3, -0.25) is 9.59 Å². The van der Waals surface area contributed by atoms with Crippen molar-refractivity contribution in [3.63, 3.8) is 0 Å². The number of aliphatic hydroxyl groups excluding tert-OH is 7. The van der Waals surface area contributed by atoms with Crippen molar-refractivity contribution in [1.29, 1.82) is 0 Å². The lowest BCUT2D eigenvalue weighted by molar-refractivity contribution is -0.332. The Labute approximate surface area is 345 Å². The fraction of sp³-hybridized carbons (Fsp3) is 0.814. The molecule has 15 heteroatoms. The molecule has 58 heavy (non-hydrogen) atoms. The van der Waals surface area contributed by atoms with Crippen LogP contribution in [0, 0.1) is 0 Å². The summed E-state index contributed by atoms with van der Waals surface area (Å²) in [5.41, 5.74) is 0. The minimum Gasteiger partial charge on any atom is -0.462 e. The Kier molecular flexibility index (Phi) is 28.2. The maximum Gasteiger partial charge on any atom is 0.306 e. The predicted molar refractivity (Wildman–Crippen MR) is 215 cm³/mol. The number of unbranched alkanes of at least 4 members (excludes halogenated alkanes) is 11. The molecule has 15 nitrogen and oxygen atoms in total. The number of hydrogen-bond acceptors (Lipinski definition) is 15. The second-order valence-corrected chi connectivity index (χ2v) is 15.2. The van der Waals surface area contributed by atoms with E-state index in [0.29, 0.717) is 12.8 Å². The molecule has 11 atom stereocenters. The smallest absolute Gasteiger partial charge is 0.306 e. The number of allylic oxidation sites excluding steroid dienone is 6. The molecule has 0 spiro atoms. The number of carbonyl (C=O) groups is 2. The van der Waals surface area contributed by atoms with Crippen LogP contribution in [-0.2, 0) is 38.0 Å². The largest absolute Gasteiger partial charge is 0.462 e. The molecule has 2 aliphatic rings. The van der Waals surface area contributed by atoms with Crippen LogP contribution in [-0.4, -0.2) is 142 Å². The lowest BCUT2D eigenvalue weighted by Gasteiger charge is -2.42. The first-order valence-electron chi connectivity index (χ1n) is 21.6. The van der Waals surface area contributed by atoms with E-state index in [1.54, 1.807) is 0 Å². The molecule has 0 radical (unpaired) electrons. The molecule has 0 aromatic carbocycles. The minimum absolute atomic E-state index is 0.149. The second kappa shape index (κ2) is 31.6. The molecule has 0 amide bonds. The van der Waals surface area contributed by atoms with Gasteiger partial charge >= 0.3 is 11.9 Å². The Morgan fingerprint density at radius 2 is 1.03 bits per heavy atom. The van der Waals surface area contributed by atoms with Crippen LogP contribution in [0.4, 0.5) is 0 Å². The SMILES string of the molecule is CCCCC/C=C\C/C=C\C/C=C\CCCCCCCCC(=O)OC(COC(=O)CCCCC)COC1OC(COC2OC(CO)C(O)C(O)C2O)C(O)C(O)C1O. The van der Waals surface area contributed by atoms with Crippen molar-refractivity contribution in [2.45, 2.75) is 197 Å². The summed E-state index contributed by atoms with van der Waals surface area (Å²) in [6, 6.07) is 0. The Morgan fingerprint density at radius 3 is 1.66 bits per heavy atom. The van der Waals surface area contributed by atoms with Crippen LogP contribution in [0.3, 0.4) is 0 Å². The van der Waals surface area contributed by atoms with Crippen molar-refractivity contribution in [2.75, 3.05) is 26.4 Å². The van der Waals surface area contributed by atoms with Crippen molar-refractivity contribution in [3.8, 4) is 0 Å². The highest BCUT2D eigenvalue weighted by Gasteiger charge is 2.47. The monoisotopic (exact) mass is 831 g/mol. The summed E-state index contributed by atoms with van der Waals surface area (Å²) in [7, 11) is 0. The first kappa shape index (κ1) is 51.9. The van der Waals surface area contributed by atoms with Crippen molar-refractivity contribution < 1.29 is 73.8 Å². The summed E-state index contributed by atoms with van der Waals surface area (Å²) < 4.78 is 33.1. The molecule has 2 heterocycles. The molecule has 0 aromatic rings. The zero-order valence-corrected chi connectivity index (χ0v) is 34.8. The van der Waals surface area contributed by atoms with Gasteiger partial charge in [0.2, 0.25) is 0 Å². The Balaban J connectivity index is 1.77. The quantitative estimate of drug-likeness (QED) is 0.0299. The van der Waals surface area contributed by atoms with Gasteiger partial charge in [0.25, 0.3) is 0 Å². The number of esters is 2. The van der Waals surface area contributed by atoms with Crippen LogP contribution in [0.5, 0.6) is 0 Å². The Bertz CT molecular complexity index is 1160. The number of hydrogen-bond donors (Lipinski definition) is 7. The van der Waals surface area contributed by atoms with E-state index in [1.165, 1.54) is 25.7 Å². The van der Waals surface area contributed by atoms with Gasteiger partial charge in [-0.15, -0.1) is 0 Å². The summed E-state index contributed by atoms with van der Waals surface area (Å²) >= 11 is 0. The van der Waals surface area contributed by atoms with Crippen molar-refractivity contribution >= 4 is 11.9 Å². The molecular formula is C43H74O15. The van der Waals surface area contributed by atoms with Gasteiger partial charge in [0.05, 0.1) is 19.8 Å². The number of ether oxygens (including phenoxy) is 6. The van der Waals surface area contributed by atoms with Gasteiger partial charge in [-0.1, -0.05) is 102 Å². The van der Waals surface area contributed by atoms with E-state index in [4.69, 9.17) is 28.4 Å². The van der Waals surface area contributed by atoms with Crippen LogP contribution >= 0.6 is 0 Å². The lowest BCUT2D eigenvalue weighted by atomic mass is 9.98. The summed E-state index contributed by atoms with van der Waals surface area (Å²) in [5.74, 6) is -0.972. The molecule has 7 N–H and O–H groups in total. The summed E-state index contributed by atoms with van der Waals surface area (Å²) in [4.78, 5) is 25.1. The van der Waals surface area contributed by atoms with Gasteiger partial charge < -0.3 is 64.2 Å². The predicted octanol–water partition coefficient (Wildman–Crippen LogP) is 3.81. The van der Waals surface area contributed by atoms with Crippen LogP contribution in [0.2, 0.25) is 0 Å². The highest BCUT2D eigenvalue weighted by molar-refractivity contribution is 5.70. The molecule has 0 bridgehead atoms. The molecule has 2 saturated heterocycles. The molecule has 2 fully saturated rings. The van der Waals surface area contributed by atoms with E-state index in [0.717, 1.165) is 64.2 Å². The fourth-order valence-corrected chi connectivity index (χ4v) is 6.46. The summed E-state index contributed by atoms with van der Waals surface area (Å²) in [5, 5.41) is 71.5. The van der Waals surface area contributed by atoms with Crippen molar-refractivity contribution in [2.24, 2.45) is 0 Å². The van der Waals surface area contributed by atoms with Gasteiger partial charge in [-0.2, -0.15) is 0 Å². The molecule has 0 saturated carbocycles. The molecule has 2 rings (SSSR count). The third-order valence-corrected chi connectivity index (χ3v) is 10.1. The highest BCUT2D eigenvalue weighted by Crippen LogP contribution is 2.26. The second-order valence-electron chi connectivity index (χ2n) is 15.2. The van der Waals surface area contributed by atoms with Gasteiger partial charge in [-0.25, -0.2) is 0 Å². The molecular weight excluding hydrogens is 756 g/mol. The van der Waals surface area contributed by atoms with Crippen LogP contribution in [0.25, 0.3) is 0 Å². The normalized spacial score (nSPS) is 28.4. The zero-order chi connectivity index (χ0) is 42.5. The van der Waals surface area contributed by atoms with E-state index in [-0.39, 0.29) is 26.1 Å². The number of carbonyl (C=O) groups excluding carboxylic acids is 2. The van der Waals surface area contributed by atoms with Gasteiger partial charge in [-0.05, 0) is 51.4 Å². The third kappa shape index (κ3) is 20.8. The average molecular weight is 831 g/mol. The first-order chi connectivity index (χ1) is 28.0. The van der Waals surface area contributed by atoms with Crippen molar-refractivity contribution in [3.05, 3.63) is 36.5 Å². The van der Waals surface area contributed by atoms with Gasteiger partial charge in [0, 0.05) is 12.8 Å². The van der Waals surface area contributed by atoms with E-state index < -0.39 is 92.7 Å². The maximum atomic E-state index is 12.8. The molecule has 336 valence electrons. The zero-order valence-electron chi connectivity index (χ0n) is 34.8. The van der Waals surface area contributed by atoms with Gasteiger partial charge in [0.1, 0.15) is 55.4 Å². The van der Waals surface area contributed by atoms with Crippen molar-refractivity contribution in [1.82, 2.24) is 0 Å². The topological polar surface area (TPSA) is 231 Å². The standard InChI is InChI=1S/C43H74O15/c1-3-5-7-8-9-10-11-12-13-14-15-16-17-18-19-20-21-22-24-26-35(46)56-31(28-53-34(45)25-23-6-4-2)29-54-42-41(52)39(50)37(48)33(58-42)30-55-43-40(51)38(49)36(47)32(27-44)57-43/h9-10,12-13,15-16,31-33,36-44,47-52H,3-8,11,14,17-30H2,1-2H3/b10-9-,13-12-,16-15-. The molecule has 2 aliphatic heterocycles. The minimum atomic E-state index is -1.76. The third-order valence-electron chi connectivity index (χ3n) is 10.1. The average Bonchev–Trinajstić information content (AvgIpc) is 3.21. The highest BCUT2D eigenvalue weighted by atomic mass is 16.7. The van der Waals surface area contributed by atoms with Crippen LogP contribution in [0.15, 0.2) is 36.5 Å².